The predicted molar refractivity (Wildman–Crippen MR) is 81.6 cm³/mol. The second kappa shape index (κ2) is 6.16. The number of rotatable bonds is 3. The first-order valence-corrected chi connectivity index (χ1v) is 7.44. The van der Waals surface area contributed by atoms with Crippen molar-refractivity contribution in [2.24, 2.45) is 0 Å². The fourth-order valence-electron chi connectivity index (χ4n) is 1.93. The quantitative estimate of drug-likeness (QED) is 0.791. The summed E-state index contributed by atoms with van der Waals surface area (Å²) >= 11 is 6.81. The molecule has 2 rings (SSSR count). The van der Waals surface area contributed by atoms with Crippen LogP contribution in [0.25, 0.3) is 0 Å². The van der Waals surface area contributed by atoms with Crippen molar-refractivity contribution in [3.63, 3.8) is 0 Å². The smallest absolute Gasteiger partial charge is 0.123 e. The zero-order chi connectivity index (χ0) is 14.0. The molecule has 0 aliphatic heterocycles. The largest absolute Gasteiger partial charge is 0.388 e. The average Bonchev–Trinajstić information content (AvgIpc) is 2.36. The summed E-state index contributed by atoms with van der Waals surface area (Å²) in [5.41, 5.74) is 2.64. The molecule has 0 aliphatic carbocycles. The Labute approximate surface area is 128 Å². The van der Waals surface area contributed by atoms with Crippen molar-refractivity contribution in [3.05, 3.63) is 67.9 Å². The molecular formula is C15H13Br2FO. The zero-order valence-corrected chi connectivity index (χ0v) is 13.5. The Morgan fingerprint density at radius 1 is 1.11 bits per heavy atom. The van der Waals surface area contributed by atoms with Gasteiger partial charge in [-0.2, -0.15) is 0 Å². The van der Waals surface area contributed by atoms with Gasteiger partial charge in [-0.05, 0) is 79.7 Å². The number of aryl methyl sites for hydroxylation is 1. The number of benzene rings is 2. The first-order chi connectivity index (χ1) is 8.97. The van der Waals surface area contributed by atoms with Gasteiger partial charge >= 0.3 is 0 Å². The van der Waals surface area contributed by atoms with Crippen LogP contribution in [-0.2, 0) is 6.42 Å². The van der Waals surface area contributed by atoms with E-state index in [1.54, 1.807) is 6.07 Å². The maximum absolute atomic E-state index is 13.0. The number of aliphatic hydroxyl groups excluding tert-OH is 1. The van der Waals surface area contributed by atoms with E-state index >= 15 is 0 Å². The molecule has 0 saturated carbocycles. The van der Waals surface area contributed by atoms with Gasteiger partial charge in [-0.25, -0.2) is 4.39 Å². The minimum atomic E-state index is -0.603. The Kier molecular flexibility index (Phi) is 4.76. The summed E-state index contributed by atoms with van der Waals surface area (Å²) < 4.78 is 14.9. The van der Waals surface area contributed by atoms with Gasteiger partial charge in [-0.15, -0.1) is 0 Å². The van der Waals surface area contributed by atoms with Crippen LogP contribution in [0.15, 0.2) is 45.3 Å². The summed E-state index contributed by atoms with van der Waals surface area (Å²) in [6.45, 7) is 1.85. The number of hydrogen-bond acceptors (Lipinski definition) is 1. The van der Waals surface area contributed by atoms with E-state index in [1.165, 1.54) is 12.1 Å². The first kappa shape index (κ1) is 14.7. The highest BCUT2D eigenvalue weighted by molar-refractivity contribution is 9.13. The van der Waals surface area contributed by atoms with Crippen molar-refractivity contribution >= 4 is 31.9 Å². The highest BCUT2D eigenvalue weighted by Crippen LogP contribution is 2.28. The van der Waals surface area contributed by atoms with Crippen LogP contribution in [-0.4, -0.2) is 5.11 Å². The van der Waals surface area contributed by atoms with Crippen LogP contribution in [0.4, 0.5) is 4.39 Å². The molecule has 2 aromatic carbocycles. The molecule has 0 amide bonds. The second-order valence-corrected chi connectivity index (χ2v) is 6.17. The Morgan fingerprint density at radius 3 is 2.47 bits per heavy atom. The molecule has 1 nitrogen and oxygen atoms in total. The molecule has 0 aliphatic rings. The molecule has 1 N–H and O–H groups in total. The SMILES string of the molecule is Cc1cc(F)ccc1CC(O)c1ccc(Br)c(Br)c1. The lowest BCUT2D eigenvalue weighted by Gasteiger charge is -2.14. The average molecular weight is 388 g/mol. The monoisotopic (exact) mass is 386 g/mol. The van der Waals surface area contributed by atoms with Crippen LogP contribution in [0, 0.1) is 12.7 Å². The lowest BCUT2D eigenvalue weighted by molar-refractivity contribution is 0.178. The van der Waals surface area contributed by atoms with Crippen molar-refractivity contribution in [3.8, 4) is 0 Å². The van der Waals surface area contributed by atoms with Gasteiger partial charge in [0.25, 0.3) is 0 Å². The van der Waals surface area contributed by atoms with E-state index in [0.717, 1.165) is 25.6 Å². The van der Waals surface area contributed by atoms with Gasteiger partial charge < -0.3 is 5.11 Å². The topological polar surface area (TPSA) is 20.2 Å². The summed E-state index contributed by atoms with van der Waals surface area (Å²) in [6, 6.07) is 10.3. The highest BCUT2D eigenvalue weighted by Gasteiger charge is 2.12. The van der Waals surface area contributed by atoms with Gasteiger partial charge in [0.15, 0.2) is 0 Å². The molecule has 1 unspecified atom stereocenters. The summed E-state index contributed by atoms with van der Waals surface area (Å²) in [4.78, 5) is 0. The van der Waals surface area contributed by atoms with E-state index in [-0.39, 0.29) is 5.82 Å². The molecule has 1 atom stereocenters. The molecule has 19 heavy (non-hydrogen) atoms. The van der Waals surface area contributed by atoms with E-state index in [1.807, 2.05) is 25.1 Å². The van der Waals surface area contributed by atoms with Crippen molar-refractivity contribution in [2.45, 2.75) is 19.4 Å². The van der Waals surface area contributed by atoms with Crippen LogP contribution >= 0.6 is 31.9 Å². The summed E-state index contributed by atoms with van der Waals surface area (Å²) in [5.74, 6) is -0.248. The standard InChI is InChI=1S/C15H13Br2FO/c1-9-6-12(18)4-2-10(9)8-15(19)11-3-5-13(16)14(17)7-11/h2-7,15,19H,8H2,1H3. The highest BCUT2D eigenvalue weighted by atomic mass is 79.9. The molecule has 4 heteroatoms. The maximum Gasteiger partial charge on any atom is 0.123 e. The van der Waals surface area contributed by atoms with Crippen molar-refractivity contribution in [1.82, 2.24) is 0 Å². The molecular weight excluding hydrogens is 375 g/mol. The number of halogens is 3. The third-order valence-electron chi connectivity index (χ3n) is 3.05. The lowest BCUT2D eigenvalue weighted by atomic mass is 9.98. The van der Waals surface area contributed by atoms with E-state index in [2.05, 4.69) is 31.9 Å². The third kappa shape index (κ3) is 3.65. The molecule has 100 valence electrons. The minimum Gasteiger partial charge on any atom is -0.388 e. The minimum absolute atomic E-state index is 0.248. The fraction of sp³-hybridized carbons (Fsp3) is 0.200. The Hall–Kier alpha value is -0.710. The molecule has 0 aromatic heterocycles. The van der Waals surface area contributed by atoms with E-state index in [4.69, 9.17) is 0 Å². The molecule has 0 spiro atoms. The maximum atomic E-state index is 13.0. The number of hydrogen-bond donors (Lipinski definition) is 1. The van der Waals surface area contributed by atoms with Crippen molar-refractivity contribution in [1.29, 1.82) is 0 Å². The Bertz CT molecular complexity index is 599. The molecule has 0 saturated heterocycles. The summed E-state index contributed by atoms with van der Waals surface area (Å²) in [7, 11) is 0. The van der Waals surface area contributed by atoms with E-state index < -0.39 is 6.10 Å². The Morgan fingerprint density at radius 2 is 1.84 bits per heavy atom. The second-order valence-electron chi connectivity index (χ2n) is 4.46. The predicted octanol–water partition coefficient (Wildman–Crippen LogP) is 4.94. The van der Waals surface area contributed by atoms with Crippen molar-refractivity contribution in [2.75, 3.05) is 0 Å². The zero-order valence-electron chi connectivity index (χ0n) is 10.3. The van der Waals surface area contributed by atoms with Gasteiger partial charge in [0.05, 0.1) is 6.10 Å². The van der Waals surface area contributed by atoms with E-state index in [9.17, 15) is 9.50 Å². The first-order valence-electron chi connectivity index (χ1n) is 5.85. The van der Waals surface area contributed by atoms with Crippen molar-refractivity contribution < 1.29 is 9.50 Å². The van der Waals surface area contributed by atoms with Gasteiger partial charge in [0.2, 0.25) is 0 Å². The van der Waals surface area contributed by atoms with Crippen LogP contribution in [0.1, 0.15) is 22.8 Å². The van der Waals surface area contributed by atoms with Gasteiger partial charge in [0, 0.05) is 15.4 Å². The fourth-order valence-corrected chi connectivity index (χ4v) is 2.58. The molecule has 0 heterocycles. The van der Waals surface area contributed by atoms with Crippen LogP contribution in [0.2, 0.25) is 0 Å². The molecule has 0 radical (unpaired) electrons. The van der Waals surface area contributed by atoms with E-state index in [0.29, 0.717) is 6.42 Å². The Balaban J connectivity index is 2.20. The van der Waals surface area contributed by atoms with Crippen LogP contribution < -0.4 is 0 Å². The van der Waals surface area contributed by atoms with Crippen LogP contribution in [0.3, 0.4) is 0 Å². The number of aliphatic hydroxyl groups is 1. The lowest BCUT2D eigenvalue weighted by Crippen LogP contribution is -2.03. The summed E-state index contributed by atoms with van der Waals surface area (Å²) in [6.07, 6.45) is -0.131. The third-order valence-corrected chi connectivity index (χ3v) is 4.93. The van der Waals surface area contributed by atoms with Gasteiger partial charge in [0.1, 0.15) is 5.82 Å². The van der Waals surface area contributed by atoms with Gasteiger partial charge in [-0.3, -0.25) is 0 Å². The molecule has 2 aromatic rings. The normalized spacial score (nSPS) is 12.5. The van der Waals surface area contributed by atoms with Gasteiger partial charge in [-0.1, -0.05) is 12.1 Å². The molecule has 0 fully saturated rings. The molecule has 0 bridgehead atoms. The summed E-state index contributed by atoms with van der Waals surface area (Å²) in [5, 5.41) is 10.3. The van der Waals surface area contributed by atoms with Crippen LogP contribution in [0.5, 0.6) is 0 Å².